The molecule has 0 bridgehead atoms. The maximum absolute atomic E-state index is 11.4. The average molecular weight is 410 g/mol. The number of esters is 1. The predicted octanol–water partition coefficient (Wildman–Crippen LogP) is 0.682. The molecule has 0 saturated heterocycles. The molecular formula is C23H20ClNO4. The van der Waals surface area contributed by atoms with E-state index < -0.39 is 5.97 Å². The third-order valence-corrected chi connectivity index (χ3v) is 4.26. The van der Waals surface area contributed by atoms with Crippen LogP contribution in [0.1, 0.15) is 37.4 Å². The van der Waals surface area contributed by atoms with Crippen molar-refractivity contribution < 1.29 is 36.4 Å². The molecule has 0 aliphatic carbocycles. The highest BCUT2D eigenvalue weighted by atomic mass is 35.5. The molecular weight excluding hydrogens is 390 g/mol. The van der Waals surface area contributed by atoms with Gasteiger partial charge in [0.25, 0.3) is 0 Å². The van der Waals surface area contributed by atoms with E-state index in [0.717, 1.165) is 16.7 Å². The summed E-state index contributed by atoms with van der Waals surface area (Å²) in [4.78, 5) is 22.5. The molecule has 0 fully saturated rings. The number of hydrogen-bond donors (Lipinski definition) is 1. The first kappa shape index (κ1) is 21.9. The molecule has 0 atom stereocenters. The van der Waals surface area contributed by atoms with Gasteiger partial charge in [0.15, 0.2) is 18.9 Å². The number of carboxylic acids is 1. The molecule has 148 valence electrons. The van der Waals surface area contributed by atoms with E-state index in [0.29, 0.717) is 12.1 Å². The first-order valence-corrected chi connectivity index (χ1v) is 8.73. The fourth-order valence-corrected chi connectivity index (χ4v) is 2.74. The predicted molar refractivity (Wildman–Crippen MR) is 106 cm³/mol. The van der Waals surface area contributed by atoms with Gasteiger partial charge in [0.1, 0.15) is 0 Å². The minimum absolute atomic E-state index is 0. The number of methoxy groups -OCH3 is 1. The molecule has 0 amide bonds. The lowest BCUT2D eigenvalue weighted by Gasteiger charge is -2.01. The van der Waals surface area contributed by atoms with Gasteiger partial charge >= 0.3 is 11.9 Å². The van der Waals surface area contributed by atoms with Crippen molar-refractivity contribution in [2.75, 3.05) is 7.11 Å². The summed E-state index contributed by atoms with van der Waals surface area (Å²) in [6.07, 6.45) is 7.86. The molecule has 0 saturated carbocycles. The highest BCUT2D eigenvalue weighted by Gasteiger charge is 2.07. The maximum atomic E-state index is 11.4. The Kier molecular flexibility index (Phi) is 7.69. The number of halogens is 1. The summed E-state index contributed by atoms with van der Waals surface area (Å²) in [5.41, 5.74) is 3.75. The number of carboxylic acid groups (broad SMARTS) is 1. The number of aromatic nitrogens is 1. The summed E-state index contributed by atoms with van der Waals surface area (Å²) in [6, 6.07) is 18.1. The van der Waals surface area contributed by atoms with Crippen LogP contribution >= 0.6 is 0 Å². The van der Waals surface area contributed by atoms with Gasteiger partial charge in [-0.3, -0.25) is 0 Å². The lowest BCUT2D eigenvalue weighted by Crippen LogP contribution is -3.00. The lowest BCUT2D eigenvalue weighted by molar-refractivity contribution is -0.688. The summed E-state index contributed by atoms with van der Waals surface area (Å²) in [5, 5.41) is 9.08. The van der Waals surface area contributed by atoms with Crippen LogP contribution in [-0.2, 0) is 11.3 Å². The van der Waals surface area contributed by atoms with Crippen molar-refractivity contribution in [1.82, 2.24) is 0 Å². The number of benzene rings is 2. The Balaban J connectivity index is 0.00000300. The van der Waals surface area contributed by atoms with Gasteiger partial charge in [0.2, 0.25) is 0 Å². The monoisotopic (exact) mass is 409 g/mol. The Hall–Kier alpha value is -3.44. The van der Waals surface area contributed by atoms with E-state index in [1.54, 1.807) is 30.3 Å². The second kappa shape index (κ2) is 10.2. The van der Waals surface area contributed by atoms with Crippen molar-refractivity contribution in [3.63, 3.8) is 0 Å². The number of rotatable bonds is 6. The average Bonchev–Trinajstić information content (AvgIpc) is 2.73. The van der Waals surface area contributed by atoms with Crippen LogP contribution in [0.25, 0.3) is 12.2 Å². The molecule has 1 heterocycles. The zero-order valence-corrected chi connectivity index (χ0v) is 16.5. The summed E-state index contributed by atoms with van der Waals surface area (Å²) in [6.45, 7) is 0.597. The van der Waals surface area contributed by atoms with E-state index in [1.165, 1.54) is 7.11 Å². The van der Waals surface area contributed by atoms with Crippen molar-refractivity contribution in [3.8, 4) is 0 Å². The number of nitrogens with zero attached hydrogens (tertiary/aromatic N) is 1. The molecule has 5 nitrogen and oxygen atoms in total. The van der Waals surface area contributed by atoms with Gasteiger partial charge in [-0.05, 0) is 35.4 Å². The smallest absolute Gasteiger partial charge is 0.337 e. The number of carbonyl (C=O) groups is 2. The van der Waals surface area contributed by atoms with E-state index in [2.05, 4.69) is 4.74 Å². The van der Waals surface area contributed by atoms with E-state index in [-0.39, 0.29) is 23.9 Å². The van der Waals surface area contributed by atoms with E-state index in [4.69, 9.17) is 5.11 Å². The van der Waals surface area contributed by atoms with Crippen LogP contribution in [0.4, 0.5) is 0 Å². The molecule has 0 aliphatic rings. The Morgan fingerprint density at radius 1 is 0.931 bits per heavy atom. The lowest BCUT2D eigenvalue weighted by atomic mass is 10.1. The normalized spacial score (nSPS) is 10.4. The van der Waals surface area contributed by atoms with Crippen LogP contribution in [0.3, 0.4) is 0 Å². The van der Waals surface area contributed by atoms with Crippen molar-refractivity contribution in [1.29, 1.82) is 0 Å². The minimum atomic E-state index is -0.924. The third kappa shape index (κ3) is 6.02. The second-order valence-corrected chi connectivity index (χ2v) is 6.26. The van der Waals surface area contributed by atoms with Gasteiger partial charge < -0.3 is 22.3 Å². The summed E-state index contributed by atoms with van der Waals surface area (Å²) in [5.74, 6) is -1.27. The summed E-state index contributed by atoms with van der Waals surface area (Å²) in [7, 11) is 1.36. The van der Waals surface area contributed by atoms with Crippen LogP contribution in [0.15, 0.2) is 73.1 Å². The fourth-order valence-electron chi connectivity index (χ4n) is 2.74. The zero-order valence-electron chi connectivity index (χ0n) is 15.8. The Morgan fingerprint density at radius 2 is 1.55 bits per heavy atom. The summed E-state index contributed by atoms with van der Waals surface area (Å²) >= 11 is 0. The van der Waals surface area contributed by atoms with Gasteiger partial charge in [0, 0.05) is 17.7 Å². The summed E-state index contributed by atoms with van der Waals surface area (Å²) < 4.78 is 6.68. The van der Waals surface area contributed by atoms with Gasteiger partial charge in [-0.15, -0.1) is 0 Å². The molecule has 2 aromatic carbocycles. The third-order valence-electron chi connectivity index (χ3n) is 4.26. The highest BCUT2D eigenvalue weighted by Crippen LogP contribution is 2.10. The SMILES string of the molecule is COC(=O)c1ccc(/C=C\c2cc[n+](Cc3cccc(C(=O)O)c3)cc2)cc1.[Cl-]. The number of pyridine rings is 1. The van der Waals surface area contributed by atoms with Crippen molar-refractivity contribution >= 4 is 24.1 Å². The van der Waals surface area contributed by atoms with Crippen LogP contribution < -0.4 is 17.0 Å². The molecule has 6 heteroatoms. The van der Waals surface area contributed by atoms with Crippen molar-refractivity contribution in [3.05, 3.63) is 101 Å². The van der Waals surface area contributed by atoms with Gasteiger partial charge in [-0.25, -0.2) is 14.2 Å². The molecule has 29 heavy (non-hydrogen) atoms. The first-order chi connectivity index (χ1) is 13.5. The second-order valence-electron chi connectivity index (χ2n) is 6.26. The highest BCUT2D eigenvalue weighted by molar-refractivity contribution is 5.89. The zero-order chi connectivity index (χ0) is 19.9. The first-order valence-electron chi connectivity index (χ1n) is 8.73. The number of carbonyl (C=O) groups excluding carboxylic acids is 1. The Bertz CT molecular complexity index is 1010. The standard InChI is InChI=1S/C23H19NO4.ClH/c1-28-23(27)20-9-7-17(8-10-20)5-6-18-11-13-24(14-12-18)16-19-3-2-4-21(15-19)22(25)26;/h2-15H,16H2,1H3;1H/b6-5-;. The largest absolute Gasteiger partial charge is 1.00 e. The van der Waals surface area contributed by atoms with E-state index in [1.807, 2.05) is 59.4 Å². The quantitative estimate of drug-likeness (QED) is 0.480. The molecule has 3 rings (SSSR count). The molecule has 3 aromatic rings. The van der Waals surface area contributed by atoms with Crippen LogP contribution in [0.2, 0.25) is 0 Å². The van der Waals surface area contributed by atoms with E-state index in [9.17, 15) is 9.59 Å². The van der Waals surface area contributed by atoms with Gasteiger partial charge in [-0.2, -0.15) is 0 Å². The minimum Gasteiger partial charge on any atom is -1.00 e. The number of hydrogen-bond acceptors (Lipinski definition) is 3. The molecule has 1 N–H and O–H groups in total. The fraction of sp³-hybridized carbons (Fsp3) is 0.0870. The molecule has 0 spiro atoms. The number of ether oxygens (including phenoxy) is 1. The molecule has 0 unspecified atom stereocenters. The van der Waals surface area contributed by atoms with E-state index >= 15 is 0 Å². The topological polar surface area (TPSA) is 67.5 Å². The van der Waals surface area contributed by atoms with Crippen LogP contribution in [0.5, 0.6) is 0 Å². The van der Waals surface area contributed by atoms with Crippen molar-refractivity contribution in [2.45, 2.75) is 6.54 Å². The Labute approximate surface area is 175 Å². The van der Waals surface area contributed by atoms with Crippen LogP contribution in [-0.4, -0.2) is 24.2 Å². The molecule has 0 radical (unpaired) electrons. The van der Waals surface area contributed by atoms with Crippen LogP contribution in [0, 0.1) is 0 Å². The van der Waals surface area contributed by atoms with Gasteiger partial charge in [-0.1, -0.05) is 36.4 Å². The number of aromatic carboxylic acids is 1. The van der Waals surface area contributed by atoms with Gasteiger partial charge in [0.05, 0.1) is 18.2 Å². The molecule has 1 aromatic heterocycles. The maximum Gasteiger partial charge on any atom is 0.337 e. The van der Waals surface area contributed by atoms with Crippen molar-refractivity contribution in [2.24, 2.45) is 0 Å². The molecule has 0 aliphatic heterocycles. The Morgan fingerprint density at radius 3 is 2.14 bits per heavy atom.